The Hall–Kier alpha value is -1.52. The molecule has 0 saturated heterocycles. The minimum atomic E-state index is 0.181. The molecule has 4 heteroatoms. The molecule has 1 aromatic rings. The zero-order valence-corrected chi connectivity index (χ0v) is 10.5. The lowest BCUT2D eigenvalue weighted by atomic mass is 10.1. The van der Waals surface area contributed by atoms with Crippen molar-refractivity contribution in [2.45, 2.75) is 12.8 Å². The van der Waals surface area contributed by atoms with Crippen molar-refractivity contribution in [1.29, 1.82) is 0 Å². The maximum Gasteiger partial charge on any atom is 0.0448 e. The van der Waals surface area contributed by atoms with Gasteiger partial charge in [0.25, 0.3) is 0 Å². The van der Waals surface area contributed by atoms with E-state index in [-0.39, 0.29) is 13.2 Å². The van der Waals surface area contributed by atoms with E-state index in [0.717, 1.165) is 11.1 Å². The first-order valence-electron chi connectivity index (χ1n) is 6.18. The topological polar surface area (TPSA) is 65.2 Å². The van der Waals surface area contributed by atoms with Gasteiger partial charge >= 0.3 is 0 Å². The third kappa shape index (κ3) is 6.27. The summed E-state index contributed by atoms with van der Waals surface area (Å²) in [6.07, 6.45) is 5.02. The van der Waals surface area contributed by atoms with E-state index in [2.05, 4.69) is 9.98 Å². The molecule has 98 valence electrons. The number of hydrogen-bond donors (Lipinski definition) is 2. The monoisotopic (exact) mass is 248 g/mol. The Labute approximate surface area is 108 Å². The van der Waals surface area contributed by atoms with Crippen molar-refractivity contribution in [2.24, 2.45) is 9.98 Å². The van der Waals surface area contributed by atoms with Gasteiger partial charge in [-0.25, -0.2) is 0 Å². The van der Waals surface area contributed by atoms with Gasteiger partial charge in [0.15, 0.2) is 0 Å². The summed E-state index contributed by atoms with van der Waals surface area (Å²) in [7, 11) is 0. The van der Waals surface area contributed by atoms with E-state index in [9.17, 15) is 0 Å². The van der Waals surface area contributed by atoms with Crippen molar-refractivity contribution in [3.63, 3.8) is 0 Å². The van der Waals surface area contributed by atoms with E-state index in [1.807, 2.05) is 36.7 Å². The maximum absolute atomic E-state index is 8.62. The number of aliphatic hydroxyl groups is 2. The molecule has 0 spiro atoms. The molecule has 0 aliphatic rings. The highest BCUT2D eigenvalue weighted by Crippen LogP contribution is 2.00. The van der Waals surface area contributed by atoms with E-state index >= 15 is 0 Å². The van der Waals surface area contributed by atoms with Crippen LogP contribution in [0.5, 0.6) is 0 Å². The van der Waals surface area contributed by atoms with E-state index in [0.29, 0.717) is 25.9 Å². The number of benzene rings is 1. The molecule has 0 aromatic heterocycles. The van der Waals surface area contributed by atoms with Gasteiger partial charge in [0.05, 0.1) is 0 Å². The molecule has 1 aromatic carbocycles. The summed E-state index contributed by atoms with van der Waals surface area (Å²) < 4.78 is 0. The normalized spacial score (nSPS) is 11.7. The van der Waals surface area contributed by atoms with Crippen LogP contribution in [-0.2, 0) is 0 Å². The van der Waals surface area contributed by atoms with Crippen LogP contribution >= 0.6 is 0 Å². The zero-order valence-electron chi connectivity index (χ0n) is 10.5. The van der Waals surface area contributed by atoms with E-state index in [4.69, 9.17) is 10.2 Å². The predicted octanol–water partition coefficient (Wildman–Crippen LogP) is 1.29. The molecule has 0 aliphatic heterocycles. The zero-order chi connectivity index (χ0) is 13.1. The molecule has 0 fully saturated rings. The van der Waals surface area contributed by atoms with Crippen molar-refractivity contribution in [2.75, 3.05) is 26.3 Å². The first-order chi connectivity index (χ1) is 8.86. The fourth-order valence-corrected chi connectivity index (χ4v) is 1.33. The third-order valence-electron chi connectivity index (χ3n) is 2.31. The molecule has 18 heavy (non-hydrogen) atoms. The lowest BCUT2D eigenvalue weighted by Gasteiger charge is -1.96. The lowest BCUT2D eigenvalue weighted by Crippen LogP contribution is -1.90. The van der Waals surface area contributed by atoms with Gasteiger partial charge in [-0.1, -0.05) is 24.3 Å². The van der Waals surface area contributed by atoms with Crippen LogP contribution in [0.1, 0.15) is 24.0 Å². The summed E-state index contributed by atoms with van der Waals surface area (Å²) in [6, 6.07) is 7.93. The van der Waals surface area contributed by atoms with Gasteiger partial charge in [-0.05, 0) is 24.0 Å². The summed E-state index contributed by atoms with van der Waals surface area (Å²) >= 11 is 0. The number of aliphatic hydroxyl groups excluding tert-OH is 2. The highest BCUT2D eigenvalue weighted by Gasteiger charge is 1.89. The number of nitrogens with zero attached hydrogens (tertiary/aromatic N) is 2. The van der Waals surface area contributed by atoms with Crippen LogP contribution < -0.4 is 0 Å². The minimum absolute atomic E-state index is 0.181. The highest BCUT2D eigenvalue weighted by molar-refractivity contribution is 5.84. The average molecular weight is 248 g/mol. The van der Waals surface area contributed by atoms with Crippen LogP contribution in [0, 0.1) is 0 Å². The van der Waals surface area contributed by atoms with Gasteiger partial charge in [0, 0.05) is 38.7 Å². The van der Waals surface area contributed by atoms with Crippen LogP contribution in [0.2, 0.25) is 0 Å². The van der Waals surface area contributed by atoms with Crippen molar-refractivity contribution < 1.29 is 10.2 Å². The lowest BCUT2D eigenvalue weighted by molar-refractivity contribution is 0.291. The average Bonchev–Trinajstić information content (AvgIpc) is 2.41. The molecular formula is C14H20N2O2. The molecule has 4 nitrogen and oxygen atoms in total. The molecule has 0 amide bonds. The van der Waals surface area contributed by atoms with Crippen LogP contribution in [0.25, 0.3) is 0 Å². The number of hydrogen-bond acceptors (Lipinski definition) is 4. The van der Waals surface area contributed by atoms with Gasteiger partial charge in [-0.2, -0.15) is 0 Å². The molecule has 2 N–H and O–H groups in total. The Bertz CT molecular complexity index is 335. The second-order valence-corrected chi connectivity index (χ2v) is 3.89. The van der Waals surface area contributed by atoms with Crippen molar-refractivity contribution in [3.05, 3.63) is 35.4 Å². The molecule has 0 unspecified atom stereocenters. The van der Waals surface area contributed by atoms with Crippen molar-refractivity contribution in [1.82, 2.24) is 0 Å². The second kappa shape index (κ2) is 9.50. The summed E-state index contributed by atoms with van der Waals surface area (Å²) in [5.41, 5.74) is 2.08. The van der Waals surface area contributed by atoms with E-state index in [1.165, 1.54) is 0 Å². The molecule has 0 aliphatic carbocycles. The van der Waals surface area contributed by atoms with Crippen molar-refractivity contribution in [3.8, 4) is 0 Å². The number of rotatable bonds is 8. The summed E-state index contributed by atoms with van der Waals surface area (Å²) in [5, 5.41) is 17.2. The van der Waals surface area contributed by atoms with Crippen molar-refractivity contribution >= 4 is 12.4 Å². The van der Waals surface area contributed by atoms with Gasteiger partial charge < -0.3 is 10.2 Å². The molecule has 0 atom stereocenters. The summed E-state index contributed by atoms with van der Waals surface area (Å²) in [4.78, 5) is 8.40. The number of aliphatic imine (C=N–C) groups is 2. The fourth-order valence-electron chi connectivity index (χ4n) is 1.33. The fraction of sp³-hybridized carbons (Fsp3) is 0.429. The first kappa shape index (κ1) is 14.5. The molecular weight excluding hydrogens is 228 g/mol. The summed E-state index contributed by atoms with van der Waals surface area (Å²) in [5.74, 6) is 0. The van der Waals surface area contributed by atoms with Gasteiger partial charge in [-0.3, -0.25) is 9.98 Å². The molecule has 0 bridgehead atoms. The first-order valence-corrected chi connectivity index (χ1v) is 6.18. The van der Waals surface area contributed by atoms with E-state index in [1.54, 1.807) is 0 Å². The molecule has 0 heterocycles. The highest BCUT2D eigenvalue weighted by atomic mass is 16.3. The summed E-state index contributed by atoms with van der Waals surface area (Å²) in [6.45, 7) is 1.67. The predicted molar refractivity (Wildman–Crippen MR) is 74.8 cm³/mol. The Morgan fingerprint density at radius 3 is 1.50 bits per heavy atom. The Morgan fingerprint density at radius 2 is 1.17 bits per heavy atom. The van der Waals surface area contributed by atoms with Crippen LogP contribution in [-0.4, -0.2) is 48.9 Å². The standard InChI is InChI=1S/C14H20N2O2/c17-9-1-7-15-11-13-3-5-14(6-4-13)12-16-8-2-10-18/h3-6,11-12,17-18H,1-2,7-10H2/b15-11+,16-12+. The van der Waals surface area contributed by atoms with Gasteiger partial charge in [-0.15, -0.1) is 0 Å². The largest absolute Gasteiger partial charge is 0.396 e. The Kier molecular flexibility index (Phi) is 7.68. The quantitative estimate of drug-likeness (QED) is 0.538. The van der Waals surface area contributed by atoms with Gasteiger partial charge in [0.2, 0.25) is 0 Å². The smallest absolute Gasteiger partial charge is 0.0448 e. The second-order valence-electron chi connectivity index (χ2n) is 3.89. The van der Waals surface area contributed by atoms with E-state index < -0.39 is 0 Å². The van der Waals surface area contributed by atoms with Crippen LogP contribution in [0.3, 0.4) is 0 Å². The minimum Gasteiger partial charge on any atom is -0.396 e. The molecule has 0 radical (unpaired) electrons. The molecule has 0 saturated carbocycles. The van der Waals surface area contributed by atoms with Crippen LogP contribution in [0.4, 0.5) is 0 Å². The third-order valence-corrected chi connectivity index (χ3v) is 2.31. The Balaban J connectivity index is 2.42. The SMILES string of the molecule is OCCC/N=C/c1ccc(/C=N/CCCO)cc1. The van der Waals surface area contributed by atoms with Gasteiger partial charge in [0.1, 0.15) is 0 Å². The van der Waals surface area contributed by atoms with Crippen LogP contribution in [0.15, 0.2) is 34.3 Å². The maximum atomic E-state index is 8.62. The molecule has 1 rings (SSSR count). The Morgan fingerprint density at radius 1 is 0.778 bits per heavy atom.